The average Bonchev–Trinajstić information content (AvgIpc) is 3.01. The van der Waals surface area contributed by atoms with Crippen LogP contribution in [0.3, 0.4) is 0 Å². The van der Waals surface area contributed by atoms with E-state index < -0.39 is 9.84 Å². The molecule has 0 amide bonds. The zero-order valence-corrected chi connectivity index (χ0v) is 14.6. The Morgan fingerprint density at radius 2 is 1.71 bits per heavy atom. The molecule has 0 bridgehead atoms. The molecule has 3 unspecified atom stereocenters. The molecule has 0 radical (unpaired) electrons. The fourth-order valence-electron chi connectivity index (χ4n) is 4.27. The highest BCUT2D eigenvalue weighted by molar-refractivity contribution is 7.92. The van der Waals surface area contributed by atoms with Crippen LogP contribution in [-0.4, -0.2) is 31.5 Å². The first-order chi connectivity index (χ1) is 10.1. The third-order valence-electron chi connectivity index (χ3n) is 5.44. The van der Waals surface area contributed by atoms with Crippen molar-refractivity contribution in [3.05, 3.63) is 0 Å². The van der Waals surface area contributed by atoms with Crippen molar-refractivity contribution in [2.45, 2.75) is 94.6 Å². The minimum absolute atomic E-state index is 0.0474. The molecule has 0 saturated heterocycles. The third kappa shape index (κ3) is 4.22. The van der Waals surface area contributed by atoms with E-state index in [9.17, 15) is 8.42 Å². The largest absolute Gasteiger partial charge is 0.313 e. The zero-order chi connectivity index (χ0) is 15.3. The lowest BCUT2D eigenvalue weighted by Gasteiger charge is -2.37. The van der Waals surface area contributed by atoms with Gasteiger partial charge >= 0.3 is 0 Å². The highest BCUT2D eigenvalue weighted by Gasteiger charge is 2.42. The number of rotatable bonds is 7. The zero-order valence-electron chi connectivity index (χ0n) is 13.8. The van der Waals surface area contributed by atoms with E-state index in [-0.39, 0.29) is 16.5 Å². The monoisotopic (exact) mass is 315 g/mol. The topological polar surface area (TPSA) is 46.2 Å². The molecule has 0 aromatic rings. The van der Waals surface area contributed by atoms with E-state index in [1.54, 1.807) is 0 Å². The van der Waals surface area contributed by atoms with Gasteiger partial charge in [-0.05, 0) is 51.0 Å². The molecule has 0 aromatic heterocycles. The first-order valence-corrected chi connectivity index (χ1v) is 10.7. The lowest BCUT2D eigenvalue weighted by atomic mass is 9.83. The van der Waals surface area contributed by atoms with Crippen LogP contribution in [0.4, 0.5) is 0 Å². The van der Waals surface area contributed by atoms with Crippen LogP contribution in [0.25, 0.3) is 0 Å². The van der Waals surface area contributed by atoms with E-state index in [1.807, 2.05) is 0 Å². The van der Waals surface area contributed by atoms with Crippen LogP contribution < -0.4 is 5.32 Å². The summed E-state index contributed by atoms with van der Waals surface area (Å²) in [6.45, 7) is 5.30. The second-order valence-corrected chi connectivity index (χ2v) is 9.51. The smallest absolute Gasteiger partial charge is 0.157 e. The SMILES string of the molecule is CCCNC1CCC(CCC)CC1S(=O)(=O)C1CCCC1. The van der Waals surface area contributed by atoms with E-state index in [4.69, 9.17) is 0 Å². The average molecular weight is 316 g/mol. The lowest BCUT2D eigenvalue weighted by molar-refractivity contribution is 0.279. The van der Waals surface area contributed by atoms with Gasteiger partial charge in [-0.2, -0.15) is 0 Å². The fourth-order valence-corrected chi connectivity index (χ4v) is 6.99. The van der Waals surface area contributed by atoms with E-state index in [0.29, 0.717) is 5.92 Å². The van der Waals surface area contributed by atoms with E-state index in [0.717, 1.165) is 51.5 Å². The lowest BCUT2D eigenvalue weighted by Crippen LogP contribution is -2.50. The summed E-state index contributed by atoms with van der Waals surface area (Å²) in [5, 5.41) is 3.36. The van der Waals surface area contributed by atoms with Gasteiger partial charge in [-0.1, -0.05) is 39.5 Å². The Labute approximate surface area is 131 Å². The molecular weight excluding hydrogens is 282 g/mol. The van der Waals surface area contributed by atoms with Gasteiger partial charge in [0.1, 0.15) is 0 Å². The molecular formula is C17H33NO2S. The van der Waals surface area contributed by atoms with Crippen LogP contribution in [-0.2, 0) is 9.84 Å². The number of hydrogen-bond acceptors (Lipinski definition) is 3. The predicted molar refractivity (Wildman–Crippen MR) is 89.3 cm³/mol. The Hall–Kier alpha value is -0.0900. The van der Waals surface area contributed by atoms with Crippen LogP contribution in [0.1, 0.15) is 78.1 Å². The molecule has 124 valence electrons. The molecule has 3 nitrogen and oxygen atoms in total. The third-order valence-corrected chi connectivity index (χ3v) is 8.21. The van der Waals surface area contributed by atoms with Gasteiger partial charge in [0.15, 0.2) is 9.84 Å². The van der Waals surface area contributed by atoms with Crippen molar-refractivity contribution < 1.29 is 8.42 Å². The molecule has 0 aromatic carbocycles. The summed E-state index contributed by atoms with van der Waals surface area (Å²) in [5.41, 5.74) is 0. The molecule has 2 aliphatic rings. The summed E-state index contributed by atoms with van der Waals surface area (Å²) in [6.07, 6.45) is 10.6. The van der Waals surface area contributed by atoms with Crippen molar-refractivity contribution in [2.24, 2.45) is 5.92 Å². The molecule has 2 aliphatic carbocycles. The summed E-state index contributed by atoms with van der Waals surface area (Å²) in [5.74, 6) is 0.621. The number of sulfone groups is 1. The minimum atomic E-state index is -2.96. The summed E-state index contributed by atoms with van der Waals surface area (Å²) in [6, 6.07) is 0.198. The fraction of sp³-hybridized carbons (Fsp3) is 1.00. The van der Waals surface area contributed by atoms with Crippen molar-refractivity contribution >= 4 is 9.84 Å². The van der Waals surface area contributed by atoms with Gasteiger partial charge in [-0.15, -0.1) is 0 Å². The maximum absolute atomic E-state index is 13.1. The highest BCUT2D eigenvalue weighted by Crippen LogP contribution is 2.37. The van der Waals surface area contributed by atoms with Gasteiger partial charge in [-0.25, -0.2) is 8.42 Å². The van der Waals surface area contributed by atoms with Gasteiger partial charge in [0, 0.05) is 6.04 Å². The second kappa shape index (κ2) is 7.96. The Morgan fingerprint density at radius 1 is 1.00 bits per heavy atom. The van der Waals surface area contributed by atoms with Crippen LogP contribution in [0.5, 0.6) is 0 Å². The summed E-state index contributed by atoms with van der Waals surface area (Å²) in [7, 11) is -2.96. The van der Waals surface area contributed by atoms with Crippen LogP contribution in [0.2, 0.25) is 0 Å². The van der Waals surface area contributed by atoms with Gasteiger partial charge in [0.05, 0.1) is 10.5 Å². The molecule has 0 heterocycles. The molecule has 4 heteroatoms. The Bertz CT molecular complexity index is 401. The van der Waals surface area contributed by atoms with E-state index in [2.05, 4.69) is 19.2 Å². The maximum atomic E-state index is 13.1. The minimum Gasteiger partial charge on any atom is -0.313 e. The van der Waals surface area contributed by atoms with Crippen molar-refractivity contribution in [1.29, 1.82) is 0 Å². The highest BCUT2D eigenvalue weighted by atomic mass is 32.2. The number of nitrogens with one attached hydrogen (secondary N) is 1. The maximum Gasteiger partial charge on any atom is 0.157 e. The second-order valence-electron chi connectivity index (χ2n) is 7.06. The Balaban J connectivity index is 2.11. The summed E-state index contributed by atoms with van der Waals surface area (Å²) >= 11 is 0. The van der Waals surface area contributed by atoms with Crippen LogP contribution in [0, 0.1) is 5.92 Å². The molecule has 2 saturated carbocycles. The molecule has 1 N–H and O–H groups in total. The summed E-state index contributed by atoms with van der Waals surface area (Å²) in [4.78, 5) is 0. The van der Waals surface area contributed by atoms with Gasteiger partial charge in [-0.3, -0.25) is 0 Å². The molecule has 3 atom stereocenters. The first kappa shape index (κ1) is 17.3. The van der Waals surface area contributed by atoms with Gasteiger partial charge < -0.3 is 5.32 Å². The standard InChI is InChI=1S/C17H33NO2S/c1-3-7-14-10-11-16(18-12-4-2)17(13-14)21(19,20)15-8-5-6-9-15/h14-18H,3-13H2,1-2H3. The normalized spacial score (nSPS) is 31.6. The Morgan fingerprint density at radius 3 is 2.33 bits per heavy atom. The van der Waals surface area contributed by atoms with Crippen LogP contribution >= 0.6 is 0 Å². The quantitative estimate of drug-likeness (QED) is 0.779. The molecule has 0 aliphatic heterocycles. The first-order valence-electron chi connectivity index (χ1n) is 9.05. The molecule has 0 spiro atoms. The Kier molecular flexibility index (Phi) is 6.54. The number of hydrogen-bond donors (Lipinski definition) is 1. The molecule has 2 fully saturated rings. The van der Waals surface area contributed by atoms with Crippen molar-refractivity contribution in [3.63, 3.8) is 0 Å². The van der Waals surface area contributed by atoms with E-state index >= 15 is 0 Å². The van der Waals surface area contributed by atoms with Crippen molar-refractivity contribution in [3.8, 4) is 0 Å². The summed E-state index contributed by atoms with van der Waals surface area (Å²) < 4.78 is 26.1. The predicted octanol–water partition coefficient (Wildman–Crippen LogP) is 3.68. The van der Waals surface area contributed by atoms with Gasteiger partial charge in [0.25, 0.3) is 0 Å². The molecule has 21 heavy (non-hydrogen) atoms. The van der Waals surface area contributed by atoms with Gasteiger partial charge in [0.2, 0.25) is 0 Å². The van der Waals surface area contributed by atoms with E-state index in [1.165, 1.54) is 19.3 Å². The van der Waals surface area contributed by atoms with Crippen LogP contribution in [0.15, 0.2) is 0 Å². The molecule has 2 rings (SSSR count). The van der Waals surface area contributed by atoms with Crippen molar-refractivity contribution in [1.82, 2.24) is 5.32 Å². The van der Waals surface area contributed by atoms with Crippen molar-refractivity contribution in [2.75, 3.05) is 6.54 Å².